The number of amides is 2. The van der Waals surface area contributed by atoms with E-state index in [1.54, 1.807) is 6.92 Å². The number of nitrogens with one attached hydrogen (secondary N) is 1. The summed E-state index contributed by atoms with van der Waals surface area (Å²) in [5.74, 6) is -3.28. The molecule has 2 amide bonds. The highest BCUT2D eigenvalue weighted by Crippen LogP contribution is 1.93. The summed E-state index contributed by atoms with van der Waals surface area (Å²) in [5, 5.41) is 10.7. The first-order chi connectivity index (χ1) is 5.99. The molecule has 0 heterocycles. The molecule has 0 aromatic carbocycles. The van der Waals surface area contributed by atoms with Gasteiger partial charge in [0.25, 0.3) is 5.91 Å². The number of carbonyl (C=O) groups is 3. The smallest absolute Gasteiger partial charge is 0.341 e. The summed E-state index contributed by atoms with van der Waals surface area (Å²) < 4.78 is 0. The summed E-state index contributed by atoms with van der Waals surface area (Å²) in [4.78, 5) is 31.7. The van der Waals surface area contributed by atoms with Gasteiger partial charge in [0, 0.05) is 12.6 Å². The van der Waals surface area contributed by atoms with E-state index in [0.717, 1.165) is 0 Å². The number of hydrogen-bond donors (Lipinski definition) is 3. The Labute approximate surface area is 74.4 Å². The Balaban J connectivity index is 4.71. The van der Waals surface area contributed by atoms with Crippen LogP contribution in [-0.4, -0.2) is 29.4 Å². The molecule has 0 aliphatic rings. The molecule has 0 aromatic heterocycles. The number of carbonyl (C=O) groups excluding carboxylic acids is 2. The number of hydrogen-bond acceptors (Lipinski definition) is 3. The van der Waals surface area contributed by atoms with Crippen LogP contribution in [0.1, 0.15) is 6.92 Å². The lowest BCUT2D eigenvalue weighted by molar-refractivity contribution is -0.135. The predicted octanol–water partition coefficient (Wildman–Crippen LogP) is -1.38. The number of carboxylic acids is 1. The van der Waals surface area contributed by atoms with Crippen LogP contribution in [0.4, 0.5) is 0 Å². The lowest BCUT2D eigenvalue weighted by Crippen LogP contribution is -2.29. The van der Waals surface area contributed by atoms with E-state index in [-0.39, 0.29) is 6.54 Å². The minimum Gasteiger partial charge on any atom is -0.477 e. The first-order valence-corrected chi connectivity index (χ1v) is 3.51. The maximum atomic E-state index is 11.0. The van der Waals surface area contributed by atoms with E-state index in [2.05, 4.69) is 5.32 Å². The molecule has 0 rings (SSSR count). The summed E-state index contributed by atoms with van der Waals surface area (Å²) in [6.07, 6.45) is 0.577. The minimum absolute atomic E-state index is 0.280. The van der Waals surface area contributed by atoms with Gasteiger partial charge in [0.1, 0.15) is 5.57 Å². The van der Waals surface area contributed by atoms with Crippen molar-refractivity contribution >= 4 is 17.8 Å². The van der Waals surface area contributed by atoms with Gasteiger partial charge in [0.15, 0.2) is 0 Å². The summed E-state index contributed by atoms with van der Waals surface area (Å²) in [6.45, 7) is 1.91. The number of rotatable bonds is 4. The molecular formula is C7H10N2O4. The van der Waals surface area contributed by atoms with E-state index in [9.17, 15) is 14.4 Å². The van der Waals surface area contributed by atoms with Crippen LogP contribution >= 0.6 is 0 Å². The molecule has 13 heavy (non-hydrogen) atoms. The summed E-state index contributed by atoms with van der Waals surface area (Å²) in [6, 6.07) is 0. The van der Waals surface area contributed by atoms with E-state index in [0.29, 0.717) is 6.08 Å². The van der Waals surface area contributed by atoms with E-state index in [1.807, 2.05) is 0 Å². The van der Waals surface area contributed by atoms with Crippen molar-refractivity contribution in [1.82, 2.24) is 5.32 Å². The Morgan fingerprint density at radius 1 is 1.46 bits per heavy atom. The second-order valence-electron chi connectivity index (χ2n) is 2.12. The van der Waals surface area contributed by atoms with Crippen molar-refractivity contribution in [2.45, 2.75) is 6.92 Å². The van der Waals surface area contributed by atoms with Gasteiger partial charge in [-0.3, -0.25) is 9.59 Å². The third kappa shape index (κ3) is 3.90. The molecule has 0 saturated heterocycles. The van der Waals surface area contributed by atoms with Crippen LogP contribution in [-0.2, 0) is 14.4 Å². The lowest BCUT2D eigenvalue weighted by Gasteiger charge is -2.00. The fraction of sp³-hybridized carbons (Fsp3) is 0.286. The van der Waals surface area contributed by atoms with Gasteiger partial charge in [0.05, 0.1) is 0 Å². The minimum atomic E-state index is -1.48. The van der Waals surface area contributed by atoms with Gasteiger partial charge in [0.2, 0.25) is 5.91 Å². The first kappa shape index (κ1) is 11.2. The molecule has 4 N–H and O–H groups in total. The maximum absolute atomic E-state index is 11.0. The first-order valence-electron chi connectivity index (χ1n) is 3.51. The van der Waals surface area contributed by atoms with Gasteiger partial charge in [-0.1, -0.05) is 0 Å². The Hall–Kier alpha value is -1.85. The largest absolute Gasteiger partial charge is 0.477 e. The van der Waals surface area contributed by atoms with Gasteiger partial charge in [-0.05, 0) is 6.92 Å². The zero-order valence-electron chi connectivity index (χ0n) is 7.03. The lowest BCUT2D eigenvalue weighted by atomic mass is 10.2. The van der Waals surface area contributed by atoms with Crippen molar-refractivity contribution < 1.29 is 19.5 Å². The Morgan fingerprint density at radius 2 is 2.00 bits per heavy atom. The van der Waals surface area contributed by atoms with Crippen molar-refractivity contribution in [3.05, 3.63) is 11.6 Å². The van der Waals surface area contributed by atoms with Crippen LogP contribution in [0.2, 0.25) is 0 Å². The van der Waals surface area contributed by atoms with Crippen LogP contribution in [0.3, 0.4) is 0 Å². The number of primary amides is 1. The van der Waals surface area contributed by atoms with Gasteiger partial charge < -0.3 is 16.2 Å². The molecule has 0 bridgehead atoms. The highest BCUT2D eigenvalue weighted by atomic mass is 16.4. The fourth-order valence-corrected chi connectivity index (χ4v) is 0.622. The standard InChI is InChI=1S/C7H10N2O4/c1-2-9-6(11)4(7(12)13)3-5(8)10/h3H,2H2,1H3,(H2,8,10)(H,9,11)(H,12,13)/b4-3-. The van der Waals surface area contributed by atoms with Crippen LogP contribution < -0.4 is 11.1 Å². The topological polar surface area (TPSA) is 109 Å². The Bertz CT molecular complexity index is 270. The third-order valence-electron chi connectivity index (χ3n) is 1.10. The quantitative estimate of drug-likeness (QED) is 0.285. The molecule has 0 radical (unpaired) electrons. The zero-order chi connectivity index (χ0) is 10.4. The third-order valence-corrected chi connectivity index (χ3v) is 1.10. The predicted molar refractivity (Wildman–Crippen MR) is 43.6 cm³/mol. The Morgan fingerprint density at radius 3 is 2.31 bits per heavy atom. The molecule has 0 fully saturated rings. The molecule has 0 atom stereocenters. The molecule has 72 valence electrons. The molecule has 0 aliphatic heterocycles. The van der Waals surface area contributed by atoms with Crippen LogP contribution in [0, 0.1) is 0 Å². The van der Waals surface area contributed by atoms with Gasteiger partial charge >= 0.3 is 5.97 Å². The van der Waals surface area contributed by atoms with Crippen molar-refractivity contribution in [2.75, 3.05) is 6.54 Å². The molecule has 0 aromatic rings. The molecule has 0 aliphatic carbocycles. The van der Waals surface area contributed by atoms with Crippen LogP contribution in [0.5, 0.6) is 0 Å². The fourth-order valence-electron chi connectivity index (χ4n) is 0.622. The second-order valence-corrected chi connectivity index (χ2v) is 2.12. The zero-order valence-corrected chi connectivity index (χ0v) is 7.03. The molecular weight excluding hydrogens is 176 g/mol. The Kier molecular flexibility index (Phi) is 4.21. The number of aliphatic carboxylic acids is 1. The van der Waals surface area contributed by atoms with E-state index >= 15 is 0 Å². The van der Waals surface area contributed by atoms with E-state index < -0.39 is 23.4 Å². The monoisotopic (exact) mass is 186 g/mol. The van der Waals surface area contributed by atoms with Gasteiger partial charge in [-0.25, -0.2) is 4.79 Å². The number of carboxylic acid groups (broad SMARTS) is 1. The van der Waals surface area contributed by atoms with Crippen LogP contribution in [0.15, 0.2) is 11.6 Å². The van der Waals surface area contributed by atoms with Gasteiger partial charge in [-0.15, -0.1) is 0 Å². The highest BCUT2D eigenvalue weighted by molar-refractivity contribution is 6.18. The summed E-state index contributed by atoms with van der Waals surface area (Å²) in [5.41, 5.74) is 4.05. The van der Waals surface area contributed by atoms with E-state index in [1.165, 1.54) is 0 Å². The molecule has 0 saturated carbocycles. The van der Waals surface area contributed by atoms with E-state index in [4.69, 9.17) is 10.8 Å². The molecule has 6 nitrogen and oxygen atoms in total. The average molecular weight is 186 g/mol. The number of nitrogens with two attached hydrogens (primary N) is 1. The SMILES string of the molecule is CCNC(=O)/C(=C/C(N)=O)C(=O)O. The second kappa shape index (κ2) is 4.91. The van der Waals surface area contributed by atoms with Gasteiger partial charge in [-0.2, -0.15) is 0 Å². The highest BCUT2D eigenvalue weighted by Gasteiger charge is 2.16. The summed E-state index contributed by atoms with van der Waals surface area (Å²) >= 11 is 0. The van der Waals surface area contributed by atoms with Crippen LogP contribution in [0.25, 0.3) is 0 Å². The number of likely N-dealkylation sites (N-methyl/N-ethyl adjacent to an activating group) is 1. The van der Waals surface area contributed by atoms with Crippen molar-refractivity contribution in [3.63, 3.8) is 0 Å². The van der Waals surface area contributed by atoms with Crippen molar-refractivity contribution in [1.29, 1.82) is 0 Å². The molecule has 0 unspecified atom stereocenters. The summed E-state index contributed by atoms with van der Waals surface area (Å²) in [7, 11) is 0. The average Bonchev–Trinajstić information content (AvgIpc) is 1.99. The molecule has 6 heteroatoms. The maximum Gasteiger partial charge on any atom is 0.341 e. The van der Waals surface area contributed by atoms with Crippen molar-refractivity contribution in [3.8, 4) is 0 Å². The van der Waals surface area contributed by atoms with Crippen molar-refractivity contribution in [2.24, 2.45) is 5.73 Å². The normalized spacial score (nSPS) is 10.7. The molecule has 0 spiro atoms.